The van der Waals surface area contributed by atoms with Crippen LogP contribution in [0.25, 0.3) is 27.6 Å². The molecule has 6 rings (SSSR count). The van der Waals surface area contributed by atoms with Gasteiger partial charge in [-0.2, -0.15) is 0 Å². The van der Waals surface area contributed by atoms with Crippen LogP contribution in [-0.2, 0) is 6.61 Å². The molecule has 6 nitrogen and oxygen atoms in total. The Morgan fingerprint density at radius 1 is 1.09 bits per heavy atom. The molecule has 0 spiro atoms. The molecule has 3 N–H and O–H groups in total. The minimum Gasteiger partial charge on any atom is -0.392 e. The maximum atomic E-state index is 13.9. The van der Waals surface area contributed by atoms with Crippen molar-refractivity contribution in [3.63, 3.8) is 0 Å². The van der Waals surface area contributed by atoms with Gasteiger partial charge in [0, 0.05) is 48.9 Å². The molecule has 1 aliphatic heterocycles. The minimum absolute atomic E-state index is 0.0285. The zero-order valence-electron chi connectivity index (χ0n) is 19.2. The molecule has 172 valence electrons. The molecule has 2 fully saturated rings. The van der Waals surface area contributed by atoms with Crippen LogP contribution < -0.4 is 16.2 Å². The van der Waals surface area contributed by atoms with Gasteiger partial charge in [0.05, 0.1) is 12.3 Å². The molecule has 6 heteroatoms. The molecule has 0 amide bonds. The average molecular weight is 453 g/mol. The molecule has 4 aromatic rings. The first kappa shape index (κ1) is 21.1. The summed E-state index contributed by atoms with van der Waals surface area (Å²) in [4.78, 5) is 18.3. The van der Waals surface area contributed by atoms with Gasteiger partial charge >= 0.3 is 0 Å². The number of hydrogen-bond donors (Lipinski definition) is 3. The van der Waals surface area contributed by atoms with Crippen molar-refractivity contribution in [3.05, 3.63) is 88.0 Å². The van der Waals surface area contributed by atoms with Gasteiger partial charge in [-0.25, -0.2) is 4.98 Å². The van der Waals surface area contributed by atoms with Crippen LogP contribution in [-0.4, -0.2) is 34.8 Å². The number of anilines is 1. The fourth-order valence-corrected chi connectivity index (χ4v) is 5.03. The first-order valence-corrected chi connectivity index (χ1v) is 12.0. The highest BCUT2D eigenvalue weighted by Crippen LogP contribution is 2.41. The fourth-order valence-electron chi connectivity index (χ4n) is 5.03. The van der Waals surface area contributed by atoms with Crippen molar-refractivity contribution in [2.45, 2.75) is 31.3 Å². The van der Waals surface area contributed by atoms with E-state index < -0.39 is 0 Å². The van der Waals surface area contributed by atoms with Gasteiger partial charge in [-0.1, -0.05) is 24.3 Å². The van der Waals surface area contributed by atoms with E-state index in [1.165, 1.54) is 18.4 Å². The van der Waals surface area contributed by atoms with E-state index >= 15 is 0 Å². The van der Waals surface area contributed by atoms with Gasteiger partial charge < -0.3 is 15.7 Å². The third kappa shape index (κ3) is 3.50. The van der Waals surface area contributed by atoms with E-state index in [0.29, 0.717) is 5.92 Å². The molecule has 0 atom stereocenters. The van der Waals surface area contributed by atoms with Crippen LogP contribution in [0.15, 0.2) is 65.6 Å². The van der Waals surface area contributed by atoms with Crippen LogP contribution >= 0.6 is 0 Å². The van der Waals surface area contributed by atoms with Crippen LogP contribution in [0.3, 0.4) is 0 Å². The number of rotatable bonds is 6. The Kier molecular flexibility index (Phi) is 5.20. The molecule has 34 heavy (non-hydrogen) atoms. The van der Waals surface area contributed by atoms with Crippen molar-refractivity contribution in [2.75, 3.05) is 25.5 Å². The molecular formula is C28H28N4O2. The van der Waals surface area contributed by atoms with E-state index in [2.05, 4.69) is 33.8 Å². The smallest absolute Gasteiger partial charge is 0.263 e. The molecule has 1 aliphatic carbocycles. The zero-order chi connectivity index (χ0) is 23.2. The summed E-state index contributed by atoms with van der Waals surface area (Å²) in [5, 5.41) is 18.6. The zero-order valence-corrected chi connectivity index (χ0v) is 19.2. The largest absolute Gasteiger partial charge is 0.392 e. The Morgan fingerprint density at radius 3 is 2.65 bits per heavy atom. The maximum Gasteiger partial charge on any atom is 0.263 e. The highest BCUT2D eigenvalue weighted by molar-refractivity contribution is 5.84. The summed E-state index contributed by atoms with van der Waals surface area (Å²) in [5.74, 6) is 1.65. The second-order valence-electron chi connectivity index (χ2n) is 9.33. The number of aliphatic hydroxyl groups is 1. The lowest BCUT2D eigenvalue weighted by Gasteiger charge is -2.31. The van der Waals surface area contributed by atoms with Crippen LogP contribution in [0.2, 0.25) is 0 Å². The highest BCUT2D eigenvalue weighted by Gasteiger charge is 2.27. The maximum absolute atomic E-state index is 13.9. The number of aromatic nitrogens is 2. The molecule has 2 aromatic heterocycles. The number of nitrogens with one attached hydrogen (secondary N) is 2. The normalized spacial score (nSPS) is 15.9. The molecule has 0 bridgehead atoms. The number of benzene rings is 2. The van der Waals surface area contributed by atoms with Gasteiger partial charge in [0.25, 0.3) is 5.56 Å². The summed E-state index contributed by atoms with van der Waals surface area (Å²) in [6.45, 7) is 1.52. The van der Waals surface area contributed by atoms with Gasteiger partial charge in [0.2, 0.25) is 0 Å². The SMILES string of the molecule is CNc1cc(-c2cccc(-n3c(C4CNC4)cc4cc(C5CC5)ccc4c3=O)c2CO)ccn1. The Balaban J connectivity index is 1.59. The van der Waals surface area contributed by atoms with Gasteiger partial charge in [0.15, 0.2) is 0 Å². The van der Waals surface area contributed by atoms with Gasteiger partial charge in [-0.05, 0) is 71.2 Å². The number of hydrogen-bond acceptors (Lipinski definition) is 5. The lowest BCUT2D eigenvalue weighted by atomic mass is 9.93. The van der Waals surface area contributed by atoms with Crippen molar-refractivity contribution in [1.29, 1.82) is 0 Å². The average Bonchev–Trinajstić information content (AvgIpc) is 3.68. The lowest BCUT2D eigenvalue weighted by molar-refractivity contribution is 0.282. The van der Waals surface area contributed by atoms with Crippen molar-refractivity contribution >= 4 is 16.6 Å². The third-order valence-corrected chi connectivity index (χ3v) is 7.20. The standard InChI is InChI=1S/C28H28N4O2/c1-29-27-13-19(9-10-31-27)22-3-2-4-25(24(22)16-33)32-26(21-14-30-15-21)12-20-11-18(17-5-6-17)7-8-23(20)28(32)34/h2-4,7-13,17,21,30,33H,5-6,14-16H2,1H3,(H,29,31). The van der Waals surface area contributed by atoms with Gasteiger partial charge in [-0.3, -0.25) is 9.36 Å². The molecule has 3 heterocycles. The second kappa shape index (κ2) is 8.38. The predicted molar refractivity (Wildman–Crippen MR) is 136 cm³/mol. The highest BCUT2D eigenvalue weighted by atomic mass is 16.3. The van der Waals surface area contributed by atoms with E-state index in [-0.39, 0.29) is 18.1 Å². The Morgan fingerprint density at radius 2 is 1.94 bits per heavy atom. The van der Waals surface area contributed by atoms with Gasteiger partial charge in [0.1, 0.15) is 5.82 Å². The summed E-state index contributed by atoms with van der Waals surface area (Å²) in [7, 11) is 1.83. The van der Waals surface area contributed by atoms with Gasteiger partial charge in [-0.15, -0.1) is 0 Å². The molecule has 0 radical (unpaired) electrons. The number of nitrogens with zero attached hydrogens (tertiary/aromatic N) is 2. The van der Waals surface area contributed by atoms with E-state index in [1.54, 1.807) is 6.20 Å². The topological polar surface area (TPSA) is 79.2 Å². The van der Waals surface area contributed by atoms with Crippen LogP contribution in [0.1, 0.15) is 41.5 Å². The summed E-state index contributed by atoms with van der Waals surface area (Å²) < 4.78 is 1.83. The first-order chi connectivity index (χ1) is 16.7. The summed E-state index contributed by atoms with van der Waals surface area (Å²) in [5.41, 5.74) is 5.62. The Labute approximate surface area is 198 Å². The lowest BCUT2D eigenvalue weighted by Crippen LogP contribution is -2.42. The Hall–Kier alpha value is -3.48. The molecule has 0 unspecified atom stereocenters. The Bertz CT molecular complexity index is 1450. The molecule has 1 saturated carbocycles. The van der Waals surface area contributed by atoms with Crippen LogP contribution in [0, 0.1) is 0 Å². The van der Waals surface area contributed by atoms with Crippen molar-refractivity contribution < 1.29 is 5.11 Å². The van der Waals surface area contributed by atoms with Crippen molar-refractivity contribution in [2.24, 2.45) is 0 Å². The number of fused-ring (bicyclic) bond motifs is 1. The molecular weight excluding hydrogens is 424 g/mol. The first-order valence-electron chi connectivity index (χ1n) is 12.0. The minimum atomic E-state index is -0.170. The van der Waals surface area contributed by atoms with Crippen LogP contribution in [0.5, 0.6) is 0 Å². The predicted octanol–water partition coefficient (Wildman–Crippen LogP) is 4.15. The van der Waals surface area contributed by atoms with Crippen molar-refractivity contribution in [1.82, 2.24) is 14.9 Å². The van der Waals surface area contributed by atoms with E-state index in [4.69, 9.17) is 0 Å². The summed E-state index contributed by atoms with van der Waals surface area (Å²) in [6.07, 6.45) is 4.22. The van der Waals surface area contributed by atoms with E-state index in [9.17, 15) is 9.90 Å². The summed E-state index contributed by atoms with van der Waals surface area (Å²) >= 11 is 0. The molecule has 1 saturated heterocycles. The summed E-state index contributed by atoms with van der Waals surface area (Å²) in [6, 6.07) is 18.3. The number of aliphatic hydroxyl groups excluding tert-OH is 1. The monoisotopic (exact) mass is 452 g/mol. The quantitative estimate of drug-likeness (QED) is 0.410. The van der Waals surface area contributed by atoms with Crippen LogP contribution in [0.4, 0.5) is 5.82 Å². The van der Waals surface area contributed by atoms with E-state index in [0.717, 1.165) is 57.8 Å². The van der Waals surface area contributed by atoms with E-state index in [1.807, 2.05) is 48.0 Å². The molecule has 2 aliphatic rings. The molecule has 2 aromatic carbocycles. The fraction of sp³-hybridized carbons (Fsp3) is 0.286. The number of pyridine rings is 2. The second-order valence-corrected chi connectivity index (χ2v) is 9.33. The third-order valence-electron chi connectivity index (χ3n) is 7.20. The van der Waals surface area contributed by atoms with Crippen molar-refractivity contribution in [3.8, 4) is 16.8 Å².